The van der Waals surface area contributed by atoms with E-state index in [2.05, 4.69) is 15.9 Å². The van der Waals surface area contributed by atoms with Gasteiger partial charge in [-0.3, -0.25) is 0 Å². The molecule has 6 heteroatoms. The molecule has 1 amide bonds. The molecule has 0 spiro atoms. The highest BCUT2D eigenvalue weighted by Crippen LogP contribution is 2.27. The van der Waals surface area contributed by atoms with Crippen molar-refractivity contribution in [2.24, 2.45) is 0 Å². The fourth-order valence-electron chi connectivity index (χ4n) is 0.890. The van der Waals surface area contributed by atoms with Crippen LogP contribution >= 0.6 is 15.9 Å². The first-order valence-electron chi connectivity index (χ1n) is 3.58. The molecule has 1 rings (SSSR count). The Kier molecular flexibility index (Phi) is 3.29. The minimum atomic E-state index is -1.68. The van der Waals surface area contributed by atoms with E-state index in [0.717, 1.165) is 0 Å². The van der Waals surface area contributed by atoms with Gasteiger partial charge in [0.15, 0.2) is 0 Å². The zero-order chi connectivity index (χ0) is 10.7. The maximum absolute atomic E-state index is 12.9. The molecule has 0 aliphatic heterocycles. The molecule has 0 saturated heterocycles. The molecule has 0 heterocycles. The molecule has 76 valence electrons. The first-order chi connectivity index (χ1) is 6.54. The maximum atomic E-state index is 12.9. The number of hydrogen-bond acceptors (Lipinski definition) is 2. The zero-order valence-corrected chi connectivity index (χ0v) is 8.78. The van der Waals surface area contributed by atoms with Crippen LogP contribution in [0.4, 0.5) is 15.0 Å². The average molecular weight is 264 g/mol. The van der Waals surface area contributed by atoms with Crippen molar-refractivity contribution in [3.8, 4) is 5.75 Å². The van der Waals surface area contributed by atoms with Crippen LogP contribution in [0.5, 0.6) is 5.75 Å². The summed E-state index contributed by atoms with van der Waals surface area (Å²) >= 11 is 3.10. The van der Waals surface area contributed by atoms with Crippen molar-refractivity contribution in [3.05, 3.63) is 22.7 Å². The molecule has 0 aliphatic rings. The number of hydrogen-bond donors (Lipinski definition) is 1. The number of amides is 1. The van der Waals surface area contributed by atoms with E-state index in [1.165, 1.54) is 19.2 Å². The van der Waals surface area contributed by atoms with E-state index in [1.807, 2.05) is 0 Å². The molecule has 0 atom stereocenters. The molecule has 0 bridgehead atoms. The van der Waals surface area contributed by atoms with E-state index in [4.69, 9.17) is 9.84 Å². The van der Waals surface area contributed by atoms with Crippen LogP contribution in [0.25, 0.3) is 0 Å². The molecule has 0 fully saturated rings. The largest absolute Gasteiger partial charge is 0.497 e. The molecule has 1 aromatic rings. The Balaban J connectivity index is 3.08. The third kappa shape index (κ3) is 2.35. The predicted molar refractivity (Wildman–Crippen MR) is 52.3 cm³/mol. The molecule has 4 nitrogen and oxygen atoms in total. The van der Waals surface area contributed by atoms with Crippen LogP contribution in [0.15, 0.2) is 22.7 Å². The van der Waals surface area contributed by atoms with Crippen LogP contribution in [0.3, 0.4) is 0 Å². The van der Waals surface area contributed by atoms with Gasteiger partial charge < -0.3 is 9.84 Å². The van der Waals surface area contributed by atoms with Gasteiger partial charge in [0, 0.05) is 10.5 Å². The smallest absolute Gasteiger partial charge is 0.440 e. The second kappa shape index (κ2) is 4.28. The Morgan fingerprint density at radius 2 is 2.21 bits per heavy atom. The van der Waals surface area contributed by atoms with Crippen LogP contribution in [0.2, 0.25) is 0 Å². The van der Waals surface area contributed by atoms with Crippen molar-refractivity contribution in [2.75, 3.05) is 12.2 Å². The molecule has 14 heavy (non-hydrogen) atoms. The number of carboxylic acid groups (broad SMARTS) is 1. The Bertz CT molecular complexity index is 358. The quantitative estimate of drug-likeness (QED) is 0.835. The van der Waals surface area contributed by atoms with Gasteiger partial charge in [0.1, 0.15) is 5.75 Å². The normalized spacial score (nSPS) is 9.64. The first-order valence-corrected chi connectivity index (χ1v) is 4.37. The summed E-state index contributed by atoms with van der Waals surface area (Å²) in [5.41, 5.74) is -0.108. The van der Waals surface area contributed by atoms with Gasteiger partial charge in [0.25, 0.3) is 0 Å². The fraction of sp³-hybridized carbons (Fsp3) is 0.125. The molecule has 0 unspecified atom stereocenters. The summed E-state index contributed by atoms with van der Waals surface area (Å²) in [6, 6.07) is 4.20. The van der Waals surface area contributed by atoms with Gasteiger partial charge in [0.05, 0.1) is 12.8 Å². The maximum Gasteiger partial charge on any atom is 0.440 e. The van der Waals surface area contributed by atoms with E-state index < -0.39 is 6.09 Å². The second-order valence-electron chi connectivity index (χ2n) is 2.41. The number of methoxy groups -OCH3 is 1. The lowest BCUT2D eigenvalue weighted by atomic mass is 10.3. The third-order valence-corrected chi connectivity index (χ3v) is 1.94. The number of ether oxygens (including phenoxy) is 1. The Morgan fingerprint density at radius 1 is 1.57 bits per heavy atom. The van der Waals surface area contributed by atoms with Crippen LogP contribution in [0.1, 0.15) is 0 Å². The first kappa shape index (κ1) is 10.8. The second-order valence-corrected chi connectivity index (χ2v) is 3.33. The van der Waals surface area contributed by atoms with Crippen molar-refractivity contribution in [1.82, 2.24) is 0 Å². The molecule has 0 saturated carbocycles. The molecular weight excluding hydrogens is 257 g/mol. The highest BCUT2D eigenvalue weighted by Gasteiger charge is 2.14. The zero-order valence-electron chi connectivity index (χ0n) is 7.20. The Morgan fingerprint density at radius 3 is 2.71 bits per heavy atom. The molecule has 1 N–H and O–H groups in total. The standard InChI is InChI=1S/C8H7BrFNO3/c1-14-7-3-5(9)2-6(4-7)11(10)8(12)13/h2-4H,1H3,(H,12,13). The van der Waals surface area contributed by atoms with Crippen molar-refractivity contribution in [1.29, 1.82) is 0 Å². The van der Waals surface area contributed by atoms with Gasteiger partial charge in [-0.15, -0.1) is 5.12 Å². The van der Waals surface area contributed by atoms with E-state index >= 15 is 0 Å². The number of nitrogens with zero attached hydrogens (tertiary/aromatic N) is 1. The van der Waals surface area contributed by atoms with Crippen LogP contribution in [-0.2, 0) is 0 Å². The van der Waals surface area contributed by atoms with Crippen molar-refractivity contribution < 1.29 is 19.1 Å². The van der Waals surface area contributed by atoms with Crippen molar-refractivity contribution in [2.45, 2.75) is 0 Å². The summed E-state index contributed by atoms with van der Waals surface area (Å²) in [5, 5.41) is 8.00. The van der Waals surface area contributed by atoms with Gasteiger partial charge in [-0.05, 0) is 12.1 Å². The van der Waals surface area contributed by atoms with E-state index in [0.29, 0.717) is 10.2 Å². The van der Waals surface area contributed by atoms with Gasteiger partial charge in [0.2, 0.25) is 0 Å². The Hall–Kier alpha value is -1.30. The van der Waals surface area contributed by atoms with Crippen LogP contribution in [-0.4, -0.2) is 18.3 Å². The van der Waals surface area contributed by atoms with E-state index in [1.54, 1.807) is 6.07 Å². The summed E-state index contributed by atoms with van der Waals surface area (Å²) in [4.78, 5) is 10.3. The molecule has 0 aliphatic carbocycles. The topological polar surface area (TPSA) is 49.8 Å². The highest BCUT2D eigenvalue weighted by molar-refractivity contribution is 9.10. The minimum absolute atomic E-state index is 0.108. The Labute approximate surface area is 88.0 Å². The molecular formula is C8H7BrFNO3. The van der Waals surface area contributed by atoms with Gasteiger partial charge in [-0.25, -0.2) is 4.79 Å². The summed E-state index contributed by atoms with van der Waals surface area (Å²) in [5.74, 6) is 0.373. The van der Waals surface area contributed by atoms with Crippen LogP contribution < -0.4 is 9.86 Å². The van der Waals surface area contributed by atoms with Gasteiger partial charge >= 0.3 is 6.09 Å². The van der Waals surface area contributed by atoms with Gasteiger partial charge in [-0.2, -0.15) is 0 Å². The average Bonchev–Trinajstić information content (AvgIpc) is 2.15. The number of carbonyl (C=O) groups is 1. The van der Waals surface area contributed by atoms with E-state index in [-0.39, 0.29) is 10.8 Å². The monoisotopic (exact) mass is 263 g/mol. The SMILES string of the molecule is COc1cc(Br)cc(N(F)C(=O)O)c1. The molecule has 0 radical (unpaired) electrons. The van der Waals surface area contributed by atoms with Gasteiger partial charge in [-0.1, -0.05) is 20.4 Å². The predicted octanol–water partition coefficient (Wildman–Crippen LogP) is 2.83. The lowest BCUT2D eigenvalue weighted by Crippen LogP contribution is -2.18. The highest BCUT2D eigenvalue weighted by atomic mass is 79.9. The minimum Gasteiger partial charge on any atom is -0.497 e. The molecule has 1 aromatic carbocycles. The fourth-order valence-corrected chi connectivity index (χ4v) is 1.35. The summed E-state index contributed by atoms with van der Waals surface area (Å²) < 4.78 is 18.3. The summed E-state index contributed by atoms with van der Waals surface area (Å²) in [6.07, 6.45) is -1.68. The third-order valence-electron chi connectivity index (χ3n) is 1.49. The lowest BCUT2D eigenvalue weighted by molar-refractivity contribution is 0.186. The number of halogens is 2. The number of benzene rings is 1. The van der Waals surface area contributed by atoms with Crippen molar-refractivity contribution >= 4 is 27.7 Å². The number of rotatable bonds is 2. The van der Waals surface area contributed by atoms with Crippen LogP contribution in [0, 0.1) is 0 Å². The van der Waals surface area contributed by atoms with E-state index in [9.17, 15) is 9.28 Å². The summed E-state index contributed by atoms with van der Waals surface area (Å²) in [7, 11) is 1.41. The van der Waals surface area contributed by atoms with Crippen molar-refractivity contribution in [3.63, 3.8) is 0 Å². The summed E-state index contributed by atoms with van der Waals surface area (Å²) in [6.45, 7) is 0. The lowest BCUT2D eigenvalue weighted by Gasteiger charge is -2.09. The molecule has 0 aromatic heterocycles. The number of anilines is 1.